The SMILES string of the molecule is CC(C)c1cnc(NC(=O)C2=CC(=S)CC=C2)s1. The highest BCUT2D eigenvalue weighted by molar-refractivity contribution is 7.80. The second kappa shape index (κ2) is 5.54. The maximum atomic E-state index is 12.0. The number of carbonyl (C=O) groups is 1. The fraction of sp³-hybridized carbons (Fsp3) is 0.308. The number of thiocarbonyl (C=S) groups is 1. The van der Waals surface area contributed by atoms with Gasteiger partial charge in [-0.05, 0) is 12.0 Å². The molecule has 1 aliphatic rings. The van der Waals surface area contributed by atoms with Crippen LogP contribution in [0.3, 0.4) is 0 Å². The van der Waals surface area contributed by atoms with E-state index in [4.69, 9.17) is 12.2 Å². The number of rotatable bonds is 3. The summed E-state index contributed by atoms with van der Waals surface area (Å²) in [6.07, 6.45) is 7.98. The Balaban J connectivity index is 2.07. The number of amides is 1. The fourth-order valence-electron chi connectivity index (χ4n) is 1.50. The molecule has 94 valence electrons. The van der Waals surface area contributed by atoms with Gasteiger partial charge in [0.2, 0.25) is 0 Å². The lowest BCUT2D eigenvalue weighted by atomic mass is 10.1. The molecule has 1 aromatic heterocycles. The average Bonchev–Trinajstić information content (AvgIpc) is 2.77. The van der Waals surface area contributed by atoms with E-state index in [0.29, 0.717) is 16.6 Å². The lowest BCUT2D eigenvalue weighted by Crippen LogP contribution is -2.15. The number of anilines is 1. The van der Waals surface area contributed by atoms with Gasteiger partial charge in [0.1, 0.15) is 0 Å². The quantitative estimate of drug-likeness (QED) is 0.861. The van der Waals surface area contributed by atoms with Gasteiger partial charge in [-0.1, -0.05) is 38.2 Å². The monoisotopic (exact) mass is 278 g/mol. The number of hydrogen-bond acceptors (Lipinski definition) is 4. The van der Waals surface area contributed by atoms with Crippen LogP contribution in [0.15, 0.2) is 30.0 Å². The third kappa shape index (κ3) is 3.11. The van der Waals surface area contributed by atoms with E-state index in [1.165, 1.54) is 11.3 Å². The molecule has 1 amide bonds. The maximum Gasteiger partial charge on any atom is 0.257 e. The largest absolute Gasteiger partial charge is 0.298 e. The van der Waals surface area contributed by atoms with Gasteiger partial charge in [-0.15, -0.1) is 11.3 Å². The molecule has 0 bridgehead atoms. The van der Waals surface area contributed by atoms with Crippen LogP contribution in [-0.2, 0) is 4.79 Å². The number of thiazole rings is 1. The zero-order chi connectivity index (χ0) is 13.1. The van der Waals surface area contributed by atoms with Gasteiger partial charge in [-0.3, -0.25) is 10.1 Å². The van der Waals surface area contributed by atoms with Crippen molar-refractivity contribution in [2.24, 2.45) is 0 Å². The minimum atomic E-state index is -0.155. The van der Waals surface area contributed by atoms with Crippen LogP contribution in [0.1, 0.15) is 31.1 Å². The Morgan fingerprint density at radius 3 is 2.94 bits per heavy atom. The van der Waals surface area contributed by atoms with Crippen molar-refractivity contribution in [2.45, 2.75) is 26.2 Å². The number of allylic oxidation sites excluding steroid dienone is 2. The molecule has 3 nitrogen and oxygen atoms in total. The first kappa shape index (κ1) is 13.1. The lowest BCUT2D eigenvalue weighted by molar-refractivity contribution is -0.112. The number of carbonyl (C=O) groups excluding carboxylic acids is 1. The zero-order valence-corrected chi connectivity index (χ0v) is 11.9. The average molecular weight is 278 g/mol. The van der Waals surface area contributed by atoms with Gasteiger partial charge in [0, 0.05) is 27.9 Å². The topological polar surface area (TPSA) is 42.0 Å². The van der Waals surface area contributed by atoms with E-state index in [9.17, 15) is 4.79 Å². The molecular weight excluding hydrogens is 264 g/mol. The molecular formula is C13H14N2OS2. The fourth-order valence-corrected chi connectivity index (χ4v) is 2.54. The van der Waals surface area contributed by atoms with Crippen LogP contribution >= 0.6 is 23.6 Å². The van der Waals surface area contributed by atoms with Crippen molar-refractivity contribution < 1.29 is 4.79 Å². The molecule has 1 aliphatic carbocycles. The Hall–Kier alpha value is -1.33. The minimum absolute atomic E-state index is 0.155. The van der Waals surface area contributed by atoms with Crippen molar-refractivity contribution in [3.63, 3.8) is 0 Å². The number of aromatic nitrogens is 1. The van der Waals surface area contributed by atoms with Gasteiger partial charge in [-0.25, -0.2) is 4.98 Å². The van der Waals surface area contributed by atoms with Crippen molar-refractivity contribution in [2.75, 3.05) is 5.32 Å². The van der Waals surface area contributed by atoms with Crippen LogP contribution in [-0.4, -0.2) is 15.8 Å². The third-order valence-corrected chi connectivity index (χ3v) is 4.01. The summed E-state index contributed by atoms with van der Waals surface area (Å²) in [6, 6.07) is 0. The standard InChI is InChI=1S/C13H14N2OS2/c1-8(2)11-7-14-13(18-11)15-12(16)9-4-3-5-10(17)6-9/h3-4,6-8H,5H2,1-2H3,(H,14,15,16). The van der Waals surface area contributed by atoms with E-state index in [0.717, 1.165) is 16.2 Å². The van der Waals surface area contributed by atoms with E-state index < -0.39 is 0 Å². The van der Waals surface area contributed by atoms with Gasteiger partial charge >= 0.3 is 0 Å². The molecule has 1 heterocycles. The Labute approximate surface area is 116 Å². The summed E-state index contributed by atoms with van der Waals surface area (Å²) >= 11 is 6.59. The van der Waals surface area contributed by atoms with Crippen LogP contribution in [0, 0.1) is 0 Å². The molecule has 1 N–H and O–H groups in total. The van der Waals surface area contributed by atoms with Gasteiger partial charge in [0.15, 0.2) is 5.13 Å². The van der Waals surface area contributed by atoms with Crippen LogP contribution < -0.4 is 5.32 Å². The smallest absolute Gasteiger partial charge is 0.257 e. The molecule has 0 aromatic carbocycles. The van der Waals surface area contributed by atoms with E-state index in [1.807, 2.05) is 6.08 Å². The zero-order valence-electron chi connectivity index (χ0n) is 10.3. The van der Waals surface area contributed by atoms with Crippen LogP contribution in [0.25, 0.3) is 0 Å². The van der Waals surface area contributed by atoms with Gasteiger partial charge in [0.05, 0.1) is 0 Å². The van der Waals surface area contributed by atoms with Crippen LogP contribution in [0.2, 0.25) is 0 Å². The summed E-state index contributed by atoms with van der Waals surface area (Å²) in [6.45, 7) is 4.20. The lowest BCUT2D eigenvalue weighted by Gasteiger charge is -2.06. The predicted molar refractivity (Wildman–Crippen MR) is 79.3 cm³/mol. The molecule has 5 heteroatoms. The van der Waals surface area contributed by atoms with E-state index in [1.54, 1.807) is 18.3 Å². The Kier molecular flexibility index (Phi) is 4.04. The normalized spacial score (nSPS) is 14.8. The number of nitrogens with zero attached hydrogens (tertiary/aromatic N) is 1. The predicted octanol–water partition coefficient (Wildman–Crippen LogP) is 3.46. The second-order valence-electron chi connectivity index (χ2n) is 4.35. The third-order valence-electron chi connectivity index (χ3n) is 2.51. The summed E-state index contributed by atoms with van der Waals surface area (Å²) in [5, 5.41) is 3.43. The highest BCUT2D eigenvalue weighted by atomic mass is 32.1. The summed E-state index contributed by atoms with van der Waals surface area (Å²) in [4.78, 5) is 18.1. The molecule has 0 saturated heterocycles. The molecule has 0 radical (unpaired) electrons. The molecule has 0 unspecified atom stereocenters. The van der Waals surface area contributed by atoms with Gasteiger partial charge in [0.25, 0.3) is 5.91 Å². The van der Waals surface area contributed by atoms with Crippen molar-refractivity contribution in [3.8, 4) is 0 Å². The van der Waals surface area contributed by atoms with Crippen LogP contribution in [0.4, 0.5) is 5.13 Å². The van der Waals surface area contributed by atoms with Crippen molar-refractivity contribution >= 4 is 39.5 Å². The first-order valence-corrected chi connectivity index (χ1v) is 6.97. The first-order valence-electron chi connectivity index (χ1n) is 5.74. The van der Waals surface area contributed by atoms with Gasteiger partial charge < -0.3 is 0 Å². The maximum absolute atomic E-state index is 12.0. The molecule has 0 fully saturated rings. The summed E-state index contributed by atoms with van der Waals surface area (Å²) in [5.41, 5.74) is 0.590. The van der Waals surface area contributed by atoms with Crippen molar-refractivity contribution in [1.82, 2.24) is 4.98 Å². The first-order chi connectivity index (χ1) is 8.56. The highest BCUT2D eigenvalue weighted by Gasteiger charge is 2.13. The van der Waals surface area contributed by atoms with E-state index in [2.05, 4.69) is 24.1 Å². The van der Waals surface area contributed by atoms with E-state index in [-0.39, 0.29) is 5.91 Å². The molecule has 18 heavy (non-hydrogen) atoms. The summed E-state index contributed by atoms with van der Waals surface area (Å²) in [7, 11) is 0. The number of hydrogen-bond donors (Lipinski definition) is 1. The summed E-state index contributed by atoms with van der Waals surface area (Å²) in [5.74, 6) is 0.271. The number of nitrogens with one attached hydrogen (secondary N) is 1. The highest BCUT2D eigenvalue weighted by Crippen LogP contribution is 2.25. The Morgan fingerprint density at radius 2 is 2.33 bits per heavy atom. The van der Waals surface area contributed by atoms with Crippen molar-refractivity contribution in [3.05, 3.63) is 34.9 Å². The second-order valence-corrected chi connectivity index (χ2v) is 5.94. The molecule has 2 rings (SSSR count). The Bertz CT molecular complexity index is 541. The van der Waals surface area contributed by atoms with Gasteiger partial charge in [-0.2, -0.15) is 0 Å². The van der Waals surface area contributed by atoms with Crippen molar-refractivity contribution in [1.29, 1.82) is 0 Å². The minimum Gasteiger partial charge on any atom is -0.298 e. The molecule has 0 aliphatic heterocycles. The molecule has 0 atom stereocenters. The van der Waals surface area contributed by atoms with E-state index >= 15 is 0 Å². The summed E-state index contributed by atoms with van der Waals surface area (Å²) < 4.78 is 0. The van der Waals surface area contributed by atoms with Crippen LogP contribution in [0.5, 0.6) is 0 Å². The Morgan fingerprint density at radius 1 is 1.56 bits per heavy atom. The molecule has 0 saturated carbocycles. The molecule has 0 spiro atoms. The molecule has 1 aromatic rings.